The van der Waals surface area contributed by atoms with Crippen LogP contribution in [-0.4, -0.2) is 29.1 Å². The molecule has 0 saturated heterocycles. The molecule has 0 amide bonds. The van der Waals surface area contributed by atoms with Crippen molar-refractivity contribution in [2.75, 3.05) is 11.4 Å². The molecule has 1 aromatic heterocycles. The van der Waals surface area contributed by atoms with Crippen LogP contribution in [0.2, 0.25) is 0 Å². The monoisotopic (exact) mass is 474 g/mol. The van der Waals surface area contributed by atoms with Gasteiger partial charge in [-0.3, -0.25) is 9.98 Å². The fraction of sp³-hybridized carbons (Fsp3) is 0.281. The van der Waals surface area contributed by atoms with Gasteiger partial charge in [-0.15, -0.1) is 0 Å². The van der Waals surface area contributed by atoms with Crippen LogP contribution in [0, 0.1) is 26.7 Å². The van der Waals surface area contributed by atoms with Crippen LogP contribution in [0.4, 0.5) is 11.4 Å². The lowest BCUT2D eigenvalue weighted by Crippen LogP contribution is -2.31. The number of aryl methyl sites for hydroxylation is 3. The molecule has 0 spiro atoms. The maximum Gasteiger partial charge on any atom is 0.138 e. The number of hydrogen-bond acceptors (Lipinski definition) is 4. The van der Waals surface area contributed by atoms with Gasteiger partial charge < -0.3 is 4.90 Å². The number of fused-ring (bicyclic) bond motifs is 1. The van der Waals surface area contributed by atoms with Crippen LogP contribution in [0.15, 0.2) is 82.8 Å². The fourth-order valence-corrected chi connectivity index (χ4v) is 4.88. The standard InChI is InChI=1S/C32H34N4/c1-20(2)29-19-36(26-14-7-10-21(3)18-26)32(35-29)27-15-9-13-25-16-17-28(34-31(25)27)24(6)33-30-22(4)11-8-12-23(30)5/h7-18,20,29H,19H2,1-6H3. The molecule has 36 heavy (non-hydrogen) atoms. The Morgan fingerprint density at radius 1 is 0.917 bits per heavy atom. The Bertz CT molecular complexity index is 1480. The average Bonchev–Trinajstić information content (AvgIpc) is 3.31. The van der Waals surface area contributed by atoms with Gasteiger partial charge in [0.2, 0.25) is 0 Å². The van der Waals surface area contributed by atoms with Gasteiger partial charge in [0.05, 0.1) is 28.7 Å². The van der Waals surface area contributed by atoms with E-state index in [1.165, 1.54) is 22.4 Å². The second-order valence-electron chi connectivity index (χ2n) is 10.2. The zero-order valence-corrected chi connectivity index (χ0v) is 22.1. The molecule has 1 unspecified atom stereocenters. The summed E-state index contributed by atoms with van der Waals surface area (Å²) >= 11 is 0. The van der Waals surface area contributed by atoms with Crippen molar-refractivity contribution in [1.82, 2.24) is 4.98 Å². The quantitative estimate of drug-likeness (QED) is 0.280. The molecule has 5 rings (SSSR count). The minimum Gasteiger partial charge on any atom is -0.324 e. The van der Waals surface area contributed by atoms with Crippen LogP contribution in [0.5, 0.6) is 0 Å². The van der Waals surface area contributed by atoms with Crippen molar-refractivity contribution in [2.24, 2.45) is 15.9 Å². The number of aliphatic imine (C=N–C) groups is 2. The Balaban J connectivity index is 1.63. The largest absolute Gasteiger partial charge is 0.324 e. The molecule has 1 aliphatic heterocycles. The second-order valence-corrected chi connectivity index (χ2v) is 10.2. The fourth-order valence-electron chi connectivity index (χ4n) is 4.88. The first kappa shape index (κ1) is 23.9. The summed E-state index contributed by atoms with van der Waals surface area (Å²) in [5, 5.41) is 1.11. The molecule has 4 heteroatoms. The number of amidine groups is 1. The number of anilines is 1. The first-order valence-corrected chi connectivity index (χ1v) is 12.8. The van der Waals surface area contributed by atoms with E-state index in [2.05, 4.69) is 112 Å². The Labute approximate surface area is 214 Å². The van der Waals surface area contributed by atoms with Crippen molar-refractivity contribution >= 4 is 33.8 Å². The highest BCUT2D eigenvalue weighted by atomic mass is 15.3. The van der Waals surface area contributed by atoms with Crippen LogP contribution in [-0.2, 0) is 0 Å². The first-order chi connectivity index (χ1) is 17.3. The molecular formula is C32H34N4. The van der Waals surface area contributed by atoms with Crippen LogP contribution >= 0.6 is 0 Å². The van der Waals surface area contributed by atoms with Crippen molar-refractivity contribution in [1.29, 1.82) is 0 Å². The van der Waals surface area contributed by atoms with E-state index in [9.17, 15) is 0 Å². The molecule has 1 aliphatic rings. The summed E-state index contributed by atoms with van der Waals surface area (Å²) in [6.07, 6.45) is 0. The summed E-state index contributed by atoms with van der Waals surface area (Å²) in [5.74, 6) is 1.46. The molecule has 0 aliphatic carbocycles. The lowest BCUT2D eigenvalue weighted by Gasteiger charge is -2.23. The molecule has 1 atom stereocenters. The van der Waals surface area contributed by atoms with E-state index < -0.39 is 0 Å². The molecule has 0 N–H and O–H groups in total. The number of pyridine rings is 1. The smallest absolute Gasteiger partial charge is 0.138 e. The van der Waals surface area contributed by atoms with Gasteiger partial charge in [-0.05, 0) is 74.6 Å². The summed E-state index contributed by atoms with van der Waals surface area (Å²) in [7, 11) is 0. The third-order valence-electron chi connectivity index (χ3n) is 7.05. The number of nitrogens with zero attached hydrogens (tertiary/aromatic N) is 4. The number of para-hydroxylation sites is 2. The van der Waals surface area contributed by atoms with E-state index in [4.69, 9.17) is 15.0 Å². The molecule has 0 fully saturated rings. The average molecular weight is 475 g/mol. The summed E-state index contributed by atoms with van der Waals surface area (Å²) in [4.78, 5) is 17.7. The zero-order chi connectivity index (χ0) is 25.4. The number of benzene rings is 3. The topological polar surface area (TPSA) is 40.9 Å². The van der Waals surface area contributed by atoms with Gasteiger partial charge in [0.25, 0.3) is 0 Å². The molecule has 4 aromatic rings. The molecule has 4 nitrogen and oxygen atoms in total. The van der Waals surface area contributed by atoms with Gasteiger partial charge in [-0.1, -0.05) is 62.4 Å². The van der Waals surface area contributed by atoms with Gasteiger partial charge in [-0.2, -0.15) is 0 Å². The highest BCUT2D eigenvalue weighted by Gasteiger charge is 2.30. The molecule has 0 radical (unpaired) electrons. The highest BCUT2D eigenvalue weighted by molar-refractivity contribution is 6.17. The van der Waals surface area contributed by atoms with Gasteiger partial charge in [-0.25, -0.2) is 4.98 Å². The molecular weight excluding hydrogens is 440 g/mol. The van der Waals surface area contributed by atoms with E-state index in [1.807, 2.05) is 6.92 Å². The van der Waals surface area contributed by atoms with E-state index >= 15 is 0 Å². The Hall–Kier alpha value is -3.79. The van der Waals surface area contributed by atoms with Gasteiger partial charge in [0.15, 0.2) is 0 Å². The lowest BCUT2D eigenvalue weighted by atomic mass is 10.1. The lowest BCUT2D eigenvalue weighted by molar-refractivity contribution is 0.521. The van der Waals surface area contributed by atoms with Crippen molar-refractivity contribution in [3.05, 3.63) is 101 Å². The number of rotatable bonds is 5. The van der Waals surface area contributed by atoms with Crippen LogP contribution in [0.3, 0.4) is 0 Å². The van der Waals surface area contributed by atoms with Crippen molar-refractivity contribution in [3.63, 3.8) is 0 Å². The van der Waals surface area contributed by atoms with Crippen LogP contribution in [0.25, 0.3) is 10.9 Å². The van der Waals surface area contributed by atoms with E-state index in [0.29, 0.717) is 5.92 Å². The van der Waals surface area contributed by atoms with Gasteiger partial charge >= 0.3 is 0 Å². The normalized spacial score (nSPS) is 16.2. The summed E-state index contributed by atoms with van der Waals surface area (Å²) < 4.78 is 0. The predicted octanol–water partition coefficient (Wildman–Crippen LogP) is 7.59. The maximum atomic E-state index is 5.23. The predicted molar refractivity (Wildman–Crippen MR) is 153 cm³/mol. The summed E-state index contributed by atoms with van der Waals surface area (Å²) in [5.41, 5.74) is 9.62. The van der Waals surface area contributed by atoms with Crippen LogP contribution in [0.1, 0.15) is 48.7 Å². The third-order valence-corrected chi connectivity index (χ3v) is 7.05. The van der Waals surface area contributed by atoms with E-state index in [0.717, 1.165) is 45.9 Å². The third kappa shape index (κ3) is 4.56. The minimum absolute atomic E-state index is 0.242. The van der Waals surface area contributed by atoms with Crippen LogP contribution < -0.4 is 4.90 Å². The summed E-state index contributed by atoms with van der Waals surface area (Å²) in [6.45, 7) is 13.8. The molecule has 2 heterocycles. The number of hydrogen-bond donors (Lipinski definition) is 0. The minimum atomic E-state index is 0.242. The molecule has 0 bridgehead atoms. The number of aromatic nitrogens is 1. The van der Waals surface area contributed by atoms with E-state index in [1.54, 1.807) is 0 Å². The Kier molecular flexibility index (Phi) is 6.44. The first-order valence-electron chi connectivity index (χ1n) is 12.8. The molecule has 182 valence electrons. The van der Waals surface area contributed by atoms with Gasteiger partial charge in [0, 0.05) is 23.2 Å². The zero-order valence-electron chi connectivity index (χ0n) is 22.1. The highest BCUT2D eigenvalue weighted by Crippen LogP contribution is 2.30. The van der Waals surface area contributed by atoms with Gasteiger partial charge in [0.1, 0.15) is 5.84 Å². The van der Waals surface area contributed by atoms with Crippen molar-refractivity contribution in [2.45, 2.75) is 47.6 Å². The SMILES string of the molecule is CC(=Nc1c(C)cccc1C)c1ccc2cccc(C3=NC(C(C)C)CN3c3cccc(C)c3)c2n1. The molecule has 3 aromatic carbocycles. The van der Waals surface area contributed by atoms with E-state index in [-0.39, 0.29) is 6.04 Å². The molecule has 0 saturated carbocycles. The maximum absolute atomic E-state index is 5.23. The van der Waals surface area contributed by atoms with Crippen molar-refractivity contribution < 1.29 is 0 Å². The second kappa shape index (κ2) is 9.69. The van der Waals surface area contributed by atoms with Crippen molar-refractivity contribution in [3.8, 4) is 0 Å². The Morgan fingerprint density at radius 3 is 2.36 bits per heavy atom. The summed E-state index contributed by atoms with van der Waals surface area (Å²) in [6, 6.07) is 25.8. The Morgan fingerprint density at radius 2 is 1.64 bits per heavy atom.